The molecule has 23 heavy (non-hydrogen) atoms. The van der Waals surface area contributed by atoms with Crippen LogP contribution in [0.15, 0.2) is 42.5 Å². The van der Waals surface area contributed by atoms with Crippen molar-refractivity contribution in [3.63, 3.8) is 0 Å². The van der Waals surface area contributed by atoms with Gasteiger partial charge in [0.05, 0.1) is 6.54 Å². The molecule has 0 atom stereocenters. The maximum atomic E-state index is 11.1. The van der Waals surface area contributed by atoms with Crippen molar-refractivity contribution < 1.29 is 4.79 Å². The van der Waals surface area contributed by atoms with Gasteiger partial charge in [0, 0.05) is 52.5 Å². The number of fused-ring (bicyclic) bond motifs is 1. The molecule has 1 heterocycles. The fourth-order valence-corrected chi connectivity index (χ4v) is 3.35. The number of aldehydes is 1. The number of hydrogen-bond acceptors (Lipinski definition) is 2. The van der Waals surface area contributed by atoms with Crippen molar-refractivity contribution >= 4 is 34.5 Å². The van der Waals surface area contributed by atoms with Crippen LogP contribution in [-0.4, -0.2) is 24.9 Å². The van der Waals surface area contributed by atoms with E-state index >= 15 is 0 Å². The van der Waals surface area contributed by atoms with E-state index in [1.807, 2.05) is 49.0 Å². The topological polar surface area (TPSA) is 25.2 Å². The minimum atomic E-state index is 0.341. The number of halogens is 1. The number of rotatable bonds is 4. The summed E-state index contributed by atoms with van der Waals surface area (Å²) in [6.45, 7) is 2.40. The second kappa shape index (κ2) is 6.09. The molecule has 0 bridgehead atoms. The highest BCUT2D eigenvalue weighted by Gasteiger charge is 2.18. The van der Waals surface area contributed by atoms with Gasteiger partial charge < -0.3 is 14.3 Å². The third-order valence-electron chi connectivity index (χ3n) is 4.20. The van der Waals surface area contributed by atoms with Crippen molar-refractivity contribution in [2.24, 2.45) is 0 Å². The van der Waals surface area contributed by atoms with Crippen molar-refractivity contribution in [2.45, 2.75) is 13.5 Å². The van der Waals surface area contributed by atoms with Gasteiger partial charge in [-0.2, -0.15) is 0 Å². The maximum absolute atomic E-state index is 11.1. The third kappa shape index (κ3) is 2.62. The minimum Gasteiger partial charge on any atom is -0.377 e. The Balaban J connectivity index is 2.40. The summed E-state index contributed by atoms with van der Waals surface area (Å²) in [7, 11) is 4.07. The SMILES string of the molecule is Cc1c(-c2ccccc2N(C)C)c2cc(Cl)ccc2n1CC=O. The van der Waals surface area contributed by atoms with Gasteiger partial charge in [-0.05, 0) is 31.2 Å². The standard InChI is InChI=1S/C19H19ClN2O/c1-13-19(15-6-4-5-7-17(15)21(2)3)16-12-14(20)8-9-18(16)22(13)10-11-23/h4-9,11-12H,10H2,1-3H3. The van der Waals surface area contributed by atoms with Gasteiger partial charge in [-0.15, -0.1) is 0 Å². The van der Waals surface area contributed by atoms with Crippen LogP contribution in [0.25, 0.3) is 22.0 Å². The highest BCUT2D eigenvalue weighted by molar-refractivity contribution is 6.31. The number of carbonyl (C=O) groups excluding carboxylic acids is 1. The lowest BCUT2D eigenvalue weighted by Crippen LogP contribution is -2.10. The summed E-state index contributed by atoms with van der Waals surface area (Å²) < 4.78 is 2.04. The highest BCUT2D eigenvalue weighted by atomic mass is 35.5. The normalized spacial score (nSPS) is 11.0. The zero-order valence-corrected chi connectivity index (χ0v) is 14.3. The van der Waals surface area contributed by atoms with Crippen molar-refractivity contribution in [2.75, 3.05) is 19.0 Å². The van der Waals surface area contributed by atoms with Crippen molar-refractivity contribution in [1.82, 2.24) is 4.57 Å². The Kier molecular flexibility index (Phi) is 4.14. The molecule has 0 saturated heterocycles. The number of benzene rings is 2. The predicted octanol–water partition coefficient (Wildman–Crippen LogP) is 4.54. The Morgan fingerprint density at radius 2 is 1.91 bits per heavy atom. The van der Waals surface area contributed by atoms with Crippen LogP contribution < -0.4 is 4.90 Å². The average Bonchev–Trinajstić information content (AvgIpc) is 2.79. The van der Waals surface area contributed by atoms with Gasteiger partial charge in [0.2, 0.25) is 0 Å². The van der Waals surface area contributed by atoms with Gasteiger partial charge in [0.15, 0.2) is 0 Å². The number of aromatic nitrogens is 1. The van der Waals surface area contributed by atoms with E-state index in [0.29, 0.717) is 11.6 Å². The largest absolute Gasteiger partial charge is 0.377 e. The van der Waals surface area contributed by atoms with E-state index < -0.39 is 0 Å². The smallest absolute Gasteiger partial charge is 0.139 e. The summed E-state index contributed by atoms with van der Waals surface area (Å²) in [6.07, 6.45) is 0.933. The zero-order chi connectivity index (χ0) is 16.6. The van der Waals surface area contributed by atoms with Crippen molar-refractivity contribution in [3.05, 3.63) is 53.2 Å². The average molecular weight is 327 g/mol. The molecule has 0 spiro atoms. The molecule has 2 aromatic carbocycles. The van der Waals surface area contributed by atoms with Crippen LogP contribution in [0.2, 0.25) is 5.02 Å². The van der Waals surface area contributed by atoms with E-state index in [4.69, 9.17) is 11.6 Å². The minimum absolute atomic E-state index is 0.341. The van der Waals surface area contributed by atoms with Gasteiger partial charge in [-0.3, -0.25) is 0 Å². The lowest BCUT2D eigenvalue weighted by molar-refractivity contribution is -0.108. The Labute approximate surface area is 141 Å². The second-order valence-corrected chi connectivity index (χ2v) is 6.25. The molecule has 0 aliphatic heterocycles. The van der Waals surface area contributed by atoms with Crippen LogP contribution in [0.5, 0.6) is 0 Å². The summed E-state index contributed by atoms with van der Waals surface area (Å²) in [5.41, 5.74) is 5.52. The predicted molar refractivity (Wildman–Crippen MR) is 97.5 cm³/mol. The van der Waals surface area contributed by atoms with Crippen LogP contribution in [-0.2, 0) is 11.3 Å². The molecule has 4 heteroatoms. The number of hydrogen-bond donors (Lipinski definition) is 0. The molecule has 3 nitrogen and oxygen atoms in total. The molecular weight excluding hydrogens is 308 g/mol. The number of para-hydroxylation sites is 1. The fraction of sp³-hybridized carbons (Fsp3) is 0.211. The van der Waals surface area contributed by atoms with Crippen LogP contribution >= 0.6 is 11.6 Å². The first kappa shape index (κ1) is 15.6. The second-order valence-electron chi connectivity index (χ2n) is 5.81. The summed E-state index contributed by atoms with van der Waals surface area (Å²) in [4.78, 5) is 13.2. The first-order valence-corrected chi connectivity index (χ1v) is 7.91. The Bertz CT molecular complexity index is 880. The van der Waals surface area contributed by atoms with Crippen LogP contribution in [0.4, 0.5) is 5.69 Å². The van der Waals surface area contributed by atoms with E-state index in [1.54, 1.807) is 0 Å². The van der Waals surface area contributed by atoms with E-state index in [9.17, 15) is 4.79 Å². The molecule has 0 saturated carbocycles. The quantitative estimate of drug-likeness (QED) is 0.658. The van der Waals surface area contributed by atoms with Gasteiger partial charge in [0.1, 0.15) is 6.29 Å². The number of carbonyl (C=O) groups is 1. The highest BCUT2D eigenvalue weighted by Crippen LogP contribution is 2.39. The fourth-order valence-electron chi connectivity index (χ4n) is 3.18. The molecule has 3 rings (SSSR count). The van der Waals surface area contributed by atoms with E-state index in [1.165, 1.54) is 0 Å². The van der Waals surface area contributed by atoms with Crippen LogP contribution in [0.3, 0.4) is 0 Å². The molecule has 0 unspecified atom stereocenters. The molecule has 0 fully saturated rings. The van der Waals surface area contributed by atoms with Gasteiger partial charge in [-0.25, -0.2) is 0 Å². The number of anilines is 1. The van der Waals surface area contributed by atoms with Gasteiger partial charge in [-0.1, -0.05) is 29.8 Å². The van der Waals surface area contributed by atoms with E-state index in [2.05, 4.69) is 24.0 Å². The zero-order valence-electron chi connectivity index (χ0n) is 13.5. The van der Waals surface area contributed by atoms with Crippen LogP contribution in [0, 0.1) is 6.92 Å². The van der Waals surface area contributed by atoms with Crippen molar-refractivity contribution in [1.29, 1.82) is 0 Å². The van der Waals surface area contributed by atoms with E-state index in [0.717, 1.165) is 39.7 Å². The monoisotopic (exact) mass is 326 g/mol. The first-order valence-electron chi connectivity index (χ1n) is 7.53. The molecule has 3 aromatic rings. The lowest BCUT2D eigenvalue weighted by atomic mass is 10.00. The molecule has 118 valence electrons. The van der Waals surface area contributed by atoms with Gasteiger partial charge >= 0.3 is 0 Å². The summed E-state index contributed by atoms with van der Waals surface area (Å²) in [5.74, 6) is 0. The Morgan fingerprint density at radius 3 is 2.61 bits per heavy atom. The molecule has 0 aliphatic rings. The molecule has 0 amide bonds. The molecule has 1 aromatic heterocycles. The third-order valence-corrected chi connectivity index (χ3v) is 4.43. The summed E-state index contributed by atoms with van der Waals surface area (Å²) in [5, 5.41) is 1.77. The number of nitrogens with zero attached hydrogens (tertiary/aromatic N) is 2. The summed E-state index contributed by atoms with van der Waals surface area (Å²) >= 11 is 6.23. The van der Waals surface area contributed by atoms with Gasteiger partial charge in [0.25, 0.3) is 0 Å². The first-order chi connectivity index (χ1) is 11.0. The maximum Gasteiger partial charge on any atom is 0.139 e. The van der Waals surface area contributed by atoms with Crippen LogP contribution in [0.1, 0.15) is 5.69 Å². The Morgan fingerprint density at radius 1 is 1.17 bits per heavy atom. The summed E-state index contributed by atoms with van der Waals surface area (Å²) in [6, 6.07) is 14.1. The van der Waals surface area contributed by atoms with E-state index in [-0.39, 0.29) is 0 Å². The molecule has 0 radical (unpaired) electrons. The molecule has 0 N–H and O–H groups in total. The molecule has 0 aliphatic carbocycles. The Hall–Kier alpha value is -2.26. The van der Waals surface area contributed by atoms with Crippen molar-refractivity contribution in [3.8, 4) is 11.1 Å². The molecular formula is C19H19ClN2O. The lowest BCUT2D eigenvalue weighted by Gasteiger charge is -2.18.